The second kappa shape index (κ2) is 7.05. The van der Waals surface area contributed by atoms with Gasteiger partial charge in [0.25, 0.3) is 0 Å². The number of hydrogen-bond donors (Lipinski definition) is 1. The minimum Gasteiger partial charge on any atom is -0.461 e. The summed E-state index contributed by atoms with van der Waals surface area (Å²) in [7, 11) is 0. The van der Waals surface area contributed by atoms with E-state index in [1.165, 1.54) is 6.92 Å². The van der Waals surface area contributed by atoms with E-state index in [9.17, 15) is 9.59 Å². The molecule has 3 heterocycles. The van der Waals surface area contributed by atoms with Gasteiger partial charge in [0, 0.05) is 29.8 Å². The highest BCUT2D eigenvalue weighted by atomic mass is 16.7. The number of benzene rings is 2. The maximum absolute atomic E-state index is 12.7. The molecule has 2 aliphatic rings. The molecule has 0 bridgehead atoms. The summed E-state index contributed by atoms with van der Waals surface area (Å²) >= 11 is 0. The number of nitrogens with two attached hydrogens (primary N) is 1. The van der Waals surface area contributed by atoms with Gasteiger partial charge in [-0.15, -0.1) is 0 Å². The van der Waals surface area contributed by atoms with E-state index in [2.05, 4.69) is 5.10 Å². The van der Waals surface area contributed by atoms with Crippen molar-refractivity contribution in [2.75, 3.05) is 24.0 Å². The normalized spacial score (nSPS) is 13.5. The smallest absolute Gasteiger partial charge is 0.359 e. The lowest BCUT2D eigenvalue weighted by Gasteiger charge is -2.29. The average molecular weight is 420 g/mol. The highest BCUT2D eigenvalue weighted by Gasteiger charge is 2.34. The molecule has 5 rings (SSSR count). The Labute approximate surface area is 177 Å². The summed E-state index contributed by atoms with van der Waals surface area (Å²) in [6, 6.07) is 10.8. The topological polar surface area (TPSA) is 109 Å². The lowest BCUT2D eigenvalue weighted by molar-refractivity contribution is -0.116. The molecule has 2 aromatic carbocycles. The number of fused-ring (bicyclic) bond motifs is 4. The van der Waals surface area contributed by atoms with Gasteiger partial charge in [-0.3, -0.25) is 4.79 Å². The number of nitrogen functional groups attached to an aromatic ring is 1. The minimum absolute atomic E-state index is 0.150. The molecule has 0 fully saturated rings. The van der Waals surface area contributed by atoms with Crippen LogP contribution in [0, 0.1) is 0 Å². The molecule has 0 spiro atoms. The Balaban J connectivity index is 1.78. The van der Waals surface area contributed by atoms with Crippen LogP contribution in [0.3, 0.4) is 0 Å². The third-order valence-electron chi connectivity index (χ3n) is 5.32. The first-order valence-corrected chi connectivity index (χ1v) is 9.85. The fourth-order valence-corrected chi connectivity index (χ4v) is 3.95. The Bertz CT molecular complexity index is 1230. The van der Waals surface area contributed by atoms with Crippen molar-refractivity contribution in [3.05, 3.63) is 47.7 Å². The number of carbonyl (C=O) groups excluding carboxylic acids is 2. The van der Waals surface area contributed by atoms with E-state index in [0.717, 1.165) is 0 Å². The number of amides is 1. The zero-order chi connectivity index (χ0) is 21.7. The molecule has 3 aromatic rings. The number of esters is 1. The molecule has 0 unspecified atom stereocenters. The minimum atomic E-state index is -0.547. The number of rotatable bonds is 3. The van der Waals surface area contributed by atoms with Crippen molar-refractivity contribution in [3.63, 3.8) is 0 Å². The van der Waals surface area contributed by atoms with E-state index in [0.29, 0.717) is 45.4 Å². The van der Waals surface area contributed by atoms with Gasteiger partial charge in [-0.25, -0.2) is 9.48 Å². The van der Waals surface area contributed by atoms with Gasteiger partial charge >= 0.3 is 5.97 Å². The van der Waals surface area contributed by atoms with Crippen molar-refractivity contribution >= 4 is 23.3 Å². The van der Waals surface area contributed by atoms with E-state index in [1.54, 1.807) is 46.8 Å². The predicted molar refractivity (Wildman–Crippen MR) is 112 cm³/mol. The lowest BCUT2D eigenvalue weighted by Crippen LogP contribution is -2.31. The highest BCUT2D eigenvalue weighted by molar-refractivity contribution is 6.02. The molecule has 0 aliphatic carbocycles. The first kappa shape index (κ1) is 19.0. The molecule has 0 saturated heterocycles. The predicted octanol–water partition coefficient (Wildman–Crippen LogP) is 2.89. The molecule has 0 atom stereocenters. The molecule has 158 valence electrons. The quantitative estimate of drug-likeness (QED) is 0.513. The van der Waals surface area contributed by atoms with Gasteiger partial charge in [0.15, 0.2) is 17.2 Å². The number of aromatic nitrogens is 2. The summed E-state index contributed by atoms with van der Waals surface area (Å²) < 4.78 is 17.8. The second-order valence-electron chi connectivity index (χ2n) is 7.23. The van der Waals surface area contributed by atoms with Crippen molar-refractivity contribution in [2.24, 2.45) is 0 Å². The van der Waals surface area contributed by atoms with Crippen molar-refractivity contribution in [3.8, 4) is 28.4 Å². The number of nitrogens with zero attached hydrogens (tertiary/aromatic N) is 3. The number of ether oxygens (including phenoxy) is 3. The van der Waals surface area contributed by atoms with Crippen LogP contribution >= 0.6 is 0 Å². The Hall–Kier alpha value is -4.01. The van der Waals surface area contributed by atoms with Gasteiger partial charge in [0.1, 0.15) is 0 Å². The standard InChI is InChI=1S/C22H20N4O5/c1-3-29-22(28)20-16-10-25(12(2)27)17-6-4-13(23)8-15(17)21(16)26(24-20)14-5-7-18-19(9-14)31-11-30-18/h4-9H,3,10-11,23H2,1-2H3. The Kier molecular flexibility index (Phi) is 4.32. The summed E-state index contributed by atoms with van der Waals surface area (Å²) in [4.78, 5) is 26.7. The highest BCUT2D eigenvalue weighted by Crippen LogP contribution is 2.43. The van der Waals surface area contributed by atoms with Crippen molar-refractivity contribution in [1.82, 2.24) is 9.78 Å². The molecule has 31 heavy (non-hydrogen) atoms. The monoisotopic (exact) mass is 420 g/mol. The summed E-state index contributed by atoms with van der Waals surface area (Å²) in [6.45, 7) is 3.77. The largest absolute Gasteiger partial charge is 0.461 e. The van der Waals surface area contributed by atoms with Gasteiger partial charge in [-0.2, -0.15) is 5.10 Å². The van der Waals surface area contributed by atoms with E-state index in [-0.39, 0.29) is 31.5 Å². The molecule has 2 aliphatic heterocycles. The van der Waals surface area contributed by atoms with Crippen LogP contribution in [0.4, 0.5) is 11.4 Å². The number of carbonyl (C=O) groups is 2. The average Bonchev–Trinajstić information content (AvgIpc) is 3.37. The summed E-state index contributed by atoms with van der Waals surface area (Å²) in [6.07, 6.45) is 0. The Morgan fingerprint density at radius 2 is 1.97 bits per heavy atom. The summed E-state index contributed by atoms with van der Waals surface area (Å²) in [5.41, 5.74) is 10.1. The SMILES string of the molecule is CCOC(=O)c1nn(-c2ccc3c(c2)OCO3)c2c1CN(C(C)=O)c1ccc(N)cc1-2. The number of hydrogen-bond acceptors (Lipinski definition) is 7. The molecule has 9 heteroatoms. The lowest BCUT2D eigenvalue weighted by atomic mass is 9.97. The fraction of sp³-hybridized carbons (Fsp3) is 0.227. The van der Waals surface area contributed by atoms with Gasteiger partial charge in [-0.1, -0.05) is 0 Å². The van der Waals surface area contributed by atoms with Crippen LogP contribution in [0.5, 0.6) is 11.5 Å². The van der Waals surface area contributed by atoms with Gasteiger partial charge in [0.05, 0.1) is 30.2 Å². The first-order valence-electron chi connectivity index (χ1n) is 9.85. The van der Waals surface area contributed by atoms with Gasteiger partial charge in [-0.05, 0) is 37.3 Å². The van der Waals surface area contributed by atoms with E-state index >= 15 is 0 Å². The van der Waals surface area contributed by atoms with Crippen LogP contribution in [-0.2, 0) is 16.1 Å². The Morgan fingerprint density at radius 1 is 1.16 bits per heavy atom. The molecule has 9 nitrogen and oxygen atoms in total. The van der Waals surface area contributed by atoms with Crippen LogP contribution in [0.2, 0.25) is 0 Å². The van der Waals surface area contributed by atoms with Crippen molar-refractivity contribution in [1.29, 1.82) is 0 Å². The number of anilines is 2. The van der Waals surface area contributed by atoms with Gasteiger partial charge in [0.2, 0.25) is 12.7 Å². The van der Waals surface area contributed by atoms with Crippen molar-refractivity contribution in [2.45, 2.75) is 20.4 Å². The third kappa shape index (κ3) is 2.97. The van der Waals surface area contributed by atoms with Crippen LogP contribution in [0.15, 0.2) is 36.4 Å². The molecular weight excluding hydrogens is 400 g/mol. The maximum atomic E-state index is 12.7. The zero-order valence-corrected chi connectivity index (χ0v) is 17.0. The fourth-order valence-electron chi connectivity index (χ4n) is 3.95. The molecule has 1 aromatic heterocycles. The molecule has 1 amide bonds. The zero-order valence-electron chi connectivity index (χ0n) is 17.0. The molecular formula is C22H20N4O5. The van der Waals surface area contributed by atoms with E-state index in [4.69, 9.17) is 19.9 Å². The van der Waals surface area contributed by atoms with Crippen LogP contribution < -0.4 is 20.1 Å². The van der Waals surface area contributed by atoms with E-state index in [1.807, 2.05) is 6.07 Å². The molecule has 2 N–H and O–H groups in total. The van der Waals surface area contributed by atoms with Crippen LogP contribution in [0.25, 0.3) is 16.9 Å². The van der Waals surface area contributed by atoms with Crippen LogP contribution in [0.1, 0.15) is 29.9 Å². The molecule has 0 saturated carbocycles. The van der Waals surface area contributed by atoms with E-state index < -0.39 is 5.97 Å². The third-order valence-corrected chi connectivity index (χ3v) is 5.32. The van der Waals surface area contributed by atoms with Crippen molar-refractivity contribution < 1.29 is 23.8 Å². The van der Waals surface area contributed by atoms with Crippen LogP contribution in [-0.4, -0.2) is 35.1 Å². The molecule has 0 radical (unpaired) electrons. The first-order chi connectivity index (χ1) is 15.0. The maximum Gasteiger partial charge on any atom is 0.359 e. The second-order valence-corrected chi connectivity index (χ2v) is 7.23. The summed E-state index contributed by atoms with van der Waals surface area (Å²) in [5.74, 6) is 0.535. The summed E-state index contributed by atoms with van der Waals surface area (Å²) in [5, 5.41) is 4.60. The van der Waals surface area contributed by atoms with Gasteiger partial charge < -0.3 is 24.8 Å². The Morgan fingerprint density at radius 3 is 2.74 bits per heavy atom.